The summed E-state index contributed by atoms with van der Waals surface area (Å²) in [7, 11) is 0. The van der Waals surface area contributed by atoms with Gasteiger partial charge in [-0.1, -0.05) is 30.0 Å². The maximum Gasteiger partial charge on any atom is 0.225 e. The van der Waals surface area contributed by atoms with Gasteiger partial charge < -0.3 is 16.8 Å². The molecule has 1 aromatic carbocycles. The Bertz CT molecular complexity index is 649. The standard InChI is InChI=1S/C15H19N5OS/c1-9-4-3-5-10(2)14(9)20-13(21)6-7-22-15-18-11(16)8-12(17)19-15/h3-5,8H,6-7H2,1-2H3,(H,20,21)(H4,16,17,18,19). The summed E-state index contributed by atoms with van der Waals surface area (Å²) in [5.41, 5.74) is 14.2. The van der Waals surface area contributed by atoms with Gasteiger partial charge in [-0.25, -0.2) is 9.97 Å². The van der Waals surface area contributed by atoms with Crippen LogP contribution in [0.5, 0.6) is 0 Å². The third-order valence-corrected chi connectivity index (χ3v) is 3.90. The van der Waals surface area contributed by atoms with E-state index in [1.165, 1.54) is 17.8 Å². The number of hydrogen-bond donors (Lipinski definition) is 3. The summed E-state index contributed by atoms with van der Waals surface area (Å²) in [4.78, 5) is 20.1. The second-order valence-corrected chi connectivity index (χ2v) is 5.98. The Hall–Kier alpha value is -2.28. The molecule has 1 amide bonds. The van der Waals surface area contributed by atoms with Crippen molar-refractivity contribution in [1.29, 1.82) is 0 Å². The monoisotopic (exact) mass is 317 g/mol. The Morgan fingerprint density at radius 2 is 1.77 bits per heavy atom. The van der Waals surface area contributed by atoms with Crippen molar-refractivity contribution in [3.05, 3.63) is 35.4 Å². The van der Waals surface area contributed by atoms with E-state index in [0.29, 0.717) is 29.0 Å². The number of nitrogens with zero attached hydrogens (tertiary/aromatic N) is 2. The number of thioether (sulfide) groups is 1. The molecule has 0 unspecified atom stereocenters. The van der Waals surface area contributed by atoms with E-state index in [9.17, 15) is 4.79 Å². The van der Waals surface area contributed by atoms with Crippen LogP contribution in [0, 0.1) is 13.8 Å². The third-order valence-electron chi connectivity index (χ3n) is 3.05. The smallest absolute Gasteiger partial charge is 0.225 e. The summed E-state index contributed by atoms with van der Waals surface area (Å²) in [6.45, 7) is 3.95. The van der Waals surface area contributed by atoms with Gasteiger partial charge in [0.1, 0.15) is 11.6 Å². The Kier molecular flexibility index (Phi) is 5.21. The van der Waals surface area contributed by atoms with E-state index < -0.39 is 0 Å². The highest BCUT2D eigenvalue weighted by molar-refractivity contribution is 7.99. The molecule has 0 aliphatic heterocycles. The number of nitrogens with one attached hydrogen (secondary N) is 1. The number of anilines is 3. The van der Waals surface area contributed by atoms with Crippen LogP contribution in [0.3, 0.4) is 0 Å². The Balaban J connectivity index is 1.88. The maximum absolute atomic E-state index is 12.0. The number of para-hydroxylation sites is 1. The first kappa shape index (κ1) is 16.1. The van der Waals surface area contributed by atoms with Crippen molar-refractivity contribution in [3.63, 3.8) is 0 Å². The van der Waals surface area contributed by atoms with E-state index in [1.807, 2.05) is 32.0 Å². The van der Waals surface area contributed by atoms with E-state index in [1.54, 1.807) is 0 Å². The zero-order valence-corrected chi connectivity index (χ0v) is 13.4. The van der Waals surface area contributed by atoms with Gasteiger partial charge in [-0.3, -0.25) is 4.79 Å². The first-order valence-electron chi connectivity index (χ1n) is 6.84. The molecule has 2 aromatic rings. The largest absolute Gasteiger partial charge is 0.383 e. The van der Waals surface area contributed by atoms with Gasteiger partial charge in [-0.15, -0.1) is 0 Å². The van der Waals surface area contributed by atoms with Crippen molar-refractivity contribution in [2.75, 3.05) is 22.5 Å². The molecule has 0 spiro atoms. The topological polar surface area (TPSA) is 107 Å². The molecule has 0 saturated heterocycles. The highest BCUT2D eigenvalue weighted by atomic mass is 32.2. The molecule has 5 N–H and O–H groups in total. The lowest BCUT2D eigenvalue weighted by atomic mass is 10.1. The second kappa shape index (κ2) is 7.13. The van der Waals surface area contributed by atoms with Crippen molar-refractivity contribution >= 4 is 35.0 Å². The zero-order valence-electron chi connectivity index (χ0n) is 12.6. The first-order valence-corrected chi connectivity index (χ1v) is 7.83. The van der Waals surface area contributed by atoms with Crippen LogP contribution in [0.25, 0.3) is 0 Å². The van der Waals surface area contributed by atoms with Crippen LogP contribution in [0.2, 0.25) is 0 Å². The van der Waals surface area contributed by atoms with E-state index >= 15 is 0 Å². The number of nitrogen functional groups attached to an aromatic ring is 2. The van der Waals surface area contributed by atoms with Gasteiger partial charge in [0.15, 0.2) is 5.16 Å². The first-order chi connectivity index (χ1) is 10.5. The minimum Gasteiger partial charge on any atom is -0.383 e. The highest BCUT2D eigenvalue weighted by Gasteiger charge is 2.08. The van der Waals surface area contributed by atoms with Gasteiger partial charge in [0.2, 0.25) is 5.91 Å². The predicted molar refractivity (Wildman–Crippen MR) is 90.7 cm³/mol. The van der Waals surface area contributed by atoms with Crippen LogP contribution < -0.4 is 16.8 Å². The molecular formula is C15H19N5OS. The van der Waals surface area contributed by atoms with Crippen molar-refractivity contribution in [3.8, 4) is 0 Å². The molecule has 0 bridgehead atoms. The number of carbonyl (C=O) groups is 1. The molecule has 0 atom stereocenters. The quantitative estimate of drug-likeness (QED) is 0.577. The fraction of sp³-hybridized carbons (Fsp3) is 0.267. The summed E-state index contributed by atoms with van der Waals surface area (Å²) in [6.07, 6.45) is 0.358. The molecule has 0 saturated carbocycles. The Morgan fingerprint density at radius 1 is 1.18 bits per heavy atom. The van der Waals surface area contributed by atoms with Crippen LogP contribution in [0.1, 0.15) is 17.5 Å². The van der Waals surface area contributed by atoms with E-state index in [4.69, 9.17) is 11.5 Å². The minimum atomic E-state index is -0.0400. The lowest BCUT2D eigenvalue weighted by Crippen LogP contribution is -2.14. The van der Waals surface area contributed by atoms with Crippen LogP contribution >= 0.6 is 11.8 Å². The van der Waals surface area contributed by atoms with Gasteiger partial charge in [0, 0.05) is 23.9 Å². The molecule has 7 heteroatoms. The Morgan fingerprint density at radius 3 is 2.36 bits per heavy atom. The number of aryl methyl sites for hydroxylation is 2. The van der Waals surface area contributed by atoms with Crippen molar-refractivity contribution in [2.24, 2.45) is 0 Å². The molecule has 0 aliphatic rings. The number of benzene rings is 1. The number of carbonyl (C=O) groups excluding carboxylic acids is 1. The van der Waals surface area contributed by atoms with E-state index in [-0.39, 0.29) is 5.91 Å². The van der Waals surface area contributed by atoms with E-state index in [2.05, 4.69) is 15.3 Å². The highest BCUT2D eigenvalue weighted by Crippen LogP contribution is 2.21. The van der Waals surface area contributed by atoms with Gasteiger partial charge in [-0.2, -0.15) is 0 Å². The third kappa shape index (κ3) is 4.36. The summed E-state index contributed by atoms with van der Waals surface area (Å²) in [5.74, 6) is 1.17. The molecular weight excluding hydrogens is 298 g/mol. The van der Waals surface area contributed by atoms with Gasteiger partial charge in [-0.05, 0) is 25.0 Å². The molecule has 2 rings (SSSR count). The second-order valence-electron chi connectivity index (χ2n) is 4.91. The molecule has 22 heavy (non-hydrogen) atoms. The zero-order chi connectivity index (χ0) is 16.1. The molecule has 0 radical (unpaired) electrons. The van der Waals surface area contributed by atoms with Crippen LogP contribution in [0.4, 0.5) is 17.3 Å². The lowest BCUT2D eigenvalue weighted by molar-refractivity contribution is -0.115. The molecule has 0 aliphatic carbocycles. The average Bonchev–Trinajstić information content (AvgIpc) is 2.42. The summed E-state index contributed by atoms with van der Waals surface area (Å²) in [5, 5.41) is 3.43. The predicted octanol–water partition coefficient (Wildman–Crippen LogP) is 2.38. The molecule has 116 valence electrons. The number of hydrogen-bond acceptors (Lipinski definition) is 6. The lowest BCUT2D eigenvalue weighted by Gasteiger charge is -2.11. The van der Waals surface area contributed by atoms with Crippen molar-refractivity contribution in [1.82, 2.24) is 9.97 Å². The van der Waals surface area contributed by atoms with Crippen molar-refractivity contribution in [2.45, 2.75) is 25.4 Å². The average molecular weight is 317 g/mol. The van der Waals surface area contributed by atoms with E-state index in [0.717, 1.165) is 16.8 Å². The fourth-order valence-electron chi connectivity index (χ4n) is 1.98. The summed E-state index contributed by atoms with van der Waals surface area (Å²) < 4.78 is 0. The normalized spacial score (nSPS) is 10.5. The summed E-state index contributed by atoms with van der Waals surface area (Å²) in [6, 6.07) is 7.41. The molecule has 0 fully saturated rings. The number of aromatic nitrogens is 2. The molecule has 1 heterocycles. The minimum absolute atomic E-state index is 0.0400. The number of amides is 1. The van der Waals surface area contributed by atoms with Crippen LogP contribution in [0.15, 0.2) is 29.4 Å². The SMILES string of the molecule is Cc1cccc(C)c1NC(=O)CCSc1nc(N)cc(N)n1. The Labute approximate surface area is 133 Å². The van der Waals surface area contributed by atoms with Gasteiger partial charge >= 0.3 is 0 Å². The van der Waals surface area contributed by atoms with Gasteiger partial charge in [0.05, 0.1) is 0 Å². The van der Waals surface area contributed by atoms with Crippen LogP contribution in [-0.4, -0.2) is 21.6 Å². The number of rotatable bonds is 5. The van der Waals surface area contributed by atoms with Gasteiger partial charge in [0.25, 0.3) is 0 Å². The fourth-order valence-corrected chi connectivity index (χ4v) is 2.79. The molecule has 1 aromatic heterocycles. The molecule has 6 nitrogen and oxygen atoms in total. The van der Waals surface area contributed by atoms with Crippen LogP contribution in [-0.2, 0) is 4.79 Å². The summed E-state index contributed by atoms with van der Waals surface area (Å²) >= 11 is 1.35. The maximum atomic E-state index is 12.0. The van der Waals surface area contributed by atoms with Crippen molar-refractivity contribution < 1.29 is 4.79 Å². The number of nitrogens with two attached hydrogens (primary N) is 2.